The van der Waals surface area contributed by atoms with Gasteiger partial charge in [0.15, 0.2) is 5.76 Å². The molecule has 0 saturated heterocycles. The van der Waals surface area contributed by atoms with Crippen molar-refractivity contribution in [3.05, 3.63) is 35.1 Å². The average molecular weight is 244 g/mol. The van der Waals surface area contributed by atoms with Gasteiger partial charge in [-0.05, 0) is 32.6 Å². The lowest BCUT2D eigenvalue weighted by atomic mass is 9.96. The predicted octanol–water partition coefficient (Wildman–Crippen LogP) is 2.26. The minimum atomic E-state index is 0.615. The monoisotopic (exact) mass is 244 g/mol. The van der Waals surface area contributed by atoms with Crippen LogP contribution in [-0.2, 0) is 19.4 Å². The van der Waals surface area contributed by atoms with Crippen LogP contribution in [0, 0.1) is 6.92 Å². The molecule has 0 fully saturated rings. The van der Waals surface area contributed by atoms with E-state index in [1.165, 1.54) is 24.1 Å². The van der Waals surface area contributed by atoms with E-state index in [0.717, 1.165) is 30.1 Å². The Morgan fingerprint density at radius 3 is 3.00 bits per heavy atom. The number of hydrogen-bond acceptors (Lipinski definition) is 5. The number of aromatic nitrogens is 3. The van der Waals surface area contributed by atoms with Crippen LogP contribution in [0.15, 0.2) is 16.9 Å². The summed E-state index contributed by atoms with van der Waals surface area (Å²) in [6.45, 7) is 2.53. The van der Waals surface area contributed by atoms with Gasteiger partial charge >= 0.3 is 0 Å². The number of rotatable bonds is 3. The van der Waals surface area contributed by atoms with Gasteiger partial charge in [-0.3, -0.25) is 0 Å². The van der Waals surface area contributed by atoms with Crippen molar-refractivity contribution in [2.75, 3.05) is 5.32 Å². The molecule has 2 aromatic heterocycles. The zero-order valence-corrected chi connectivity index (χ0v) is 10.4. The molecular formula is C13H16N4O. The van der Waals surface area contributed by atoms with Gasteiger partial charge in [0, 0.05) is 17.3 Å². The van der Waals surface area contributed by atoms with E-state index in [1.54, 1.807) is 6.33 Å². The Kier molecular flexibility index (Phi) is 2.96. The molecule has 2 heterocycles. The lowest BCUT2D eigenvalue weighted by molar-refractivity contribution is 0.384. The fourth-order valence-electron chi connectivity index (χ4n) is 2.34. The first-order chi connectivity index (χ1) is 8.83. The molecule has 1 aliphatic rings. The molecule has 0 saturated carbocycles. The summed E-state index contributed by atoms with van der Waals surface area (Å²) < 4.78 is 5.17. The number of hydrogen-bond donors (Lipinski definition) is 1. The number of nitrogens with one attached hydrogen (secondary N) is 1. The van der Waals surface area contributed by atoms with Crippen LogP contribution in [0.2, 0.25) is 0 Å². The maximum Gasteiger partial charge on any atom is 0.156 e. The summed E-state index contributed by atoms with van der Waals surface area (Å²) >= 11 is 0. The van der Waals surface area contributed by atoms with Gasteiger partial charge in [0.05, 0.1) is 12.2 Å². The molecule has 0 amide bonds. The molecule has 0 aliphatic heterocycles. The van der Waals surface area contributed by atoms with E-state index in [-0.39, 0.29) is 0 Å². The molecule has 1 N–H and O–H groups in total. The second kappa shape index (κ2) is 4.76. The van der Waals surface area contributed by atoms with E-state index in [4.69, 9.17) is 4.52 Å². The summed E-state index contributed by atoms with van der Waals surface area (Å²) in [6, 6.07) is 1.93. The molecule has 0 unspecified atom stereocenters. The van der Waals surface area contributed by atoms with E-state index in [9.17, 15) is 0 Å². The Hall–Kier alpha value is -1.91. The van der Waals surface area contributed by atoms with Gasteiger partial charge in [-0.2, -0.15) is 0 Å². The molecule has 0 radical (unpaired) electrons. The van der Waals surface area contributed by atoms with Crippen molar-refractivity contribution < 1.29 is 4.52 Å². The van der Waals surface area contributed by atoms with Gasteiger partial charge < -0.3 is 9.84 Å². The number of nitrogens with zero attached hydrogens (tertiary/aromatic N) is 3. The first-order valence-corrected chi connectivity index (χ1v) is 6.32. The van der Waals surface area contributed by atoms with Crippen molar-refractivity contribution in [3.63, 3.8) is 0 Å². The Morgan fingerprint density at radius 1 is 1.28 bits per heavy atom. The molecule has 18 heavy (non-hydrogen) atoms. The minimum Gasteiger partial charge on any atom is -0.362 e. The molecule has 0 atom stereocenters. The summed E-state index contributed by atoms with van der Waals surface area (Å²) in [5, 5.41) is 7.19. The van der Waals surface area contributed by atoms with Gasteiger partial charge in [0.1, 0.15) is 12.1 Å². The van der Waals surface area contributed by atoms with Crippen molar-refractivity contribution in [3.8, 4) is 0 Å². The topological polar surface area (TPSA) is 63.8 Å². The van der Waals surface area contributed by atoms with Crippen LogP contribution in [0.1, 0.15) is 35.6 Å². The van der Waals surface area contributed by atoms with Crippen LogP contribution in [0.5, 0.6) is 0 Å². The Morgan fingerprint density at radius 2 is 2.17 bits per heavy atom. The van der Waals surface area contributed by atoms with E-state index >= 15 is 0 Å². The van der Waals surface area contributed by atoms with E-state index in [1.807, 2.05) is 13.0 Å². The third kappa shape index (κ3) is 2.20. The summed E-state index contributed by atoms with van der Waals surface area (Å²) in [6.07, 6.45) is 6.21. The largest absolute Gasteiger partial charge is 0.362 e. The fraction of sp³-hybridized carbons (Fsp3) is 0.462. The predicted molar refractivity (Wildman–Crippen MR) is 67.2 cm³/mol. The van der Waals surface area contributed by atoms with Crippen molar-refractivity contribution in [2.45, 2.75) is 39.2 Å². The van der Waals surface area contributed by atoms with E-state index in [0.29, 0.717) is 6.54 Å². The molecule has 5 heteroatoms. The first kappa shape index (κ1) is 11.2. The molecule has 1 aliphatic carbocycles. The second-order valence-corrected chi connectivity index (χ2v) is 4.64. The number of aryl methyl sites for hydroxylation is 2. The van der Waals surface area contributed by atoms with Gasteiger partial charge in [-0.15, -0.1) is 0 Å². The normalized spacial score (nSPS) is 14.3. The number of fused-ring (bicyclic) bond motifs is 1. The van der Waals surface area contributed by atoms with Crippen molar-refractivity contribution in [1.29, 1.82) is 0 Å². The van der Waals surface area contributed by atoms with Crippen molar-refractivity contribution in [1.82, 2.24) is 15.1 Å². The molecule has 2 aromatic rings. The third-order valence-electron chi connectivity index (χ3n) is 3.23. The molecule has 5 nitrogen and oxygen atoms in total. The smallest absolute Gasteiger partial charge is 0.156 e. The van der Waals surface area contributed by atoms with Crippen LogP contribution in [0.25, 0.3) is 0 Å². The summed E-state index contributed by atoms with van der Waals surface area (Å²) in [4.78, 5) is 8.68. The lowest BCUT2D eigenvalue weighted by Crippen LogP contribution is -2.11. The van der Waals surface area contributed by atoms with Gasteiger partial charge in [-0.1, -0.05) is 5.16 Å². The Labute approximate surface area is 106 Å². The highest BCUT2D eigenvalue weighted by atomic mass is 16.5. The van der Waals surface area contributed by atoms with E-state index < -0.39 is 0 Å². The molecule has 0 aromatic carbocycles. The van der Waals surface area contributed by atoms with Gasteiger partial charge in [0.2, 0.25) is 0 Å². The first-order valence-electron chi connectivity index (χ1n) is 6.32. The Bertz CT molecular complexity index is 550. The average Bonchev–Trinajstić information content (AvgIpc) is 2.82. The maximum absolute atomic E-state index is 5.17. The summed E-state index contributed by atoms with van der Waals surface area (Å²) in [7, 11) is 0. The molecular weight excluding hydrogens is 228 g/mol. The van der Waals surface area contributed by atoms with Crippen LogP contribution in [0.4, 0.5) is 5.82 Å². The van der Waals surface area contributed by atoms with Crippen LogP contribution in [0.3, 0.4) is 0 Å². The van der Waals surface area contributed by atoms with E-state index in [2.05, 4.69) is 20.4 Å². The minimum absolute atomic E-state index is 0.615. The third-order valence-corrected chi connectivity index (χ3v) is 3.23. The van der Waals surface area contributed by atoms with Gasteiger partial charge in [0.25, 0.3) is 0 Å². The highest BCUT2D eigenvalue weighted by Gasteiger charge is 2.15. The second-order valence-electron chi connectivity index (χ2n) is 4.64. The lowest BCUT2D eigenvalue weighted by Gasteiger charge is -2.17. The maximum atomic E-state index is 5.17. The highest BCUT2D eigenvalue weighted by molar-refractivity contribution is 5.47. The van der Waals surface area contributed by atoms with Crippen LogP contribution >= 0.6 is 0 Å². The molecule has 3 rings (SSSR count). The zero-order valence-electron chi connectivity index (χ0n) is 10.4. The van der Waals surface area contributed by atoms with Crippen molar-refractivity contribution >= 4 is 5.82 Å². The van der Waals surface area contributed by atoms with Crippen LogP contribution in [-0.4, -0.2) is 15.1 Å². The quantitative estimate of drug-likeness (QED) is 0.897. The summed E-state index contributed by atoms with van der Waals surface area (Å²) in [5.41, 5.74) is 3.35. The zero-order chi connectivity index (χ0) is 12.4. The molecule has 0 spiro atoms. The standard InChI is InChI=1S/C13H16N4O/c1-9-6-10(18-17-9)7-14-13-11-4-2-3-5-12(11)15-8-16-13/h6,8H,2-5,7H2,1H3,(H,14,15,16). The highest BCUT2D eigenvalue weighted by Crippen LogP contribution is 2.24. The van der Waals surface area contributed by atoms with Crippen LogP contribution < -0.4 is 5.32 Å². The van der Waals surface area contributed by atoms with Crippen molar-refractivity contribution in [2.24, 2.45) is 0 Å². The fourth-order valence-corrected chi connectivity index (χ4v) is 2.34. The SMILES string of the molecule is Cc1cc(CNc2ncnc3c2CCCC3)on1. The number of anilines is 1. The Balaban J connectivity index is 1.76. The van der Waals surface area contributed by atoms with Gasteiger partial charge in [-0.25, -0.2) is 9.97 Å². The molecule has 94 valence electrons. The molecule has 0 bridgehead atoms. The summed E-state index contributed by atoms with van der Waals surface area (Å²) in [5.74, 6) is 1.77.